The maximum absolute atomic E-state index is 6.06. The predicted octanol–water partition coefficient (Wildman–Crippen LogP) is 3.05. The lowest BCUT2D eigenvalue weighted by molar-refractivity contribution is 0.396. The van der Waals surface area contributed by atoms with Crippen molar-refractivity contribution in [3.05, 3.63) is 17.2 Å². The van der Waals surface area contributed by atoms with Crippen molar-refractivity contribution in [3.8, 4) is 11.5 Å². The Bertz CT molecular complexity index is 438. The lowest BCUT2D eigenvalue weighted by Crippen LogP contribution is -2.34. The molecule has 0 amide bonds. The average Bonchev–Trinajstić information content (AvgIpc) is 2.28. The van der Waals surface area contributed by atoms with Crippen LogP contribution < -0.4 is 20.1 Å². The lowest BCUT2D eigenvalue weighted by Gasteiger charge is -2.16. The first-order valence-electron chi connectivity index (χ1n) is 5.47. The summed E-state index contributed by atoms with van der Waals surface area (Å²) in [7, 11) is 3.13. The van der Waals surface area contributed by atoms with Gasteiger partial charge in [-0.2, -0.15) is 0 Å². The largest absolute Gasteiger partial charge is 0.495 e. The molecular formula is C12H17ClN2O2S. The zero-order chi connectivity index (χ0) is 13.7. The van der Waals surface area contributed by atoms with Gasteiger partial charge in [0.15, 0.2) is 5.11 Å². The molecule has 6 heteroatoms. The van der Waals surface area contributed by atoms with Crippen LogP contribution in [-0.2, 0) is 0 Å². The van der Waals surface area contributed by atoms with E-state index in [2.05, 4.69) is 10.6 Å². The highest BCUT2D eigenvalue weighted by atomic mass is 35.5. The van der Waals surface area contributed by atoms with Crippen molar-refractivity contribution in [3.63, 3.8) is 0 Å². The molecule has 0 aliphatic carbocycles. The van der Waals surface area contributed by atoms with E-state index in [1.165, 1.54) is 0 Å². The Hall–Kier alpha value is -1.20. The summed E-state index contributed by atoms with van der Waals surface area (Å²) >= 11 is 11.2. The van der Waals surface area contributed by atoms with Crippen LogP contribution in [0.4, 0.5) is 5.69 Å². The van der Waals surface area contributed by atoms with Gasteiger partial charge in [0.25, 0.3) is 0 Å². The summed E-state index contributed by atoms with van der Waals surface area (Å²) < 4.78 is 10.4. The number of ether oxygens (including phenoxy) is 2. The van der Waals surface area contributed by atoms with E-state index in [9.17, 15) is 0 Å². The van der Waals surface area contributed by atoms with Crippen LogP contribution in [0, 0.1) is 0 Å². The zero-order valence-corrected chi connectivity index (χ0v) is 12.4. The van der Waals surface area contributed by atoms with Crippen LogP contribution in [0.15, 0.2) is 12.1 Å². The Morgan fingerprint density at radius 3 is 2.33 bits per heavy atom. The van der Waals surface area contributed by atoms with Gasteiger partial charge in [-0.15, -0.1) is 0 Å². The van der Waals surface area contributed by atoms with Crippen LogP contribution in [0.2, 0.25) is 5.02 Å². The summed E-state index contributed by atoms with van der Waals surface area (Å²) in [6, 6.07) is 3.68. The summed E-state index contributed by atoms with van der Waals surface area (Å²) in [6.07, 6.45) is 0. The minimum Gasteiger partial charge on any atom is -0.495 e. The average molecular weight is 289 g/mol. The van der Waals surface area contributed by atoms with Gasteiger partial charge in [-0.25, -0.2) is 0 Å². The maximum Gasteiger partial charge on any atom is 0.171 e. The molecule has 0 fully saturated rings. The number of anilines is 1. The molecule has 0 bridgehead atoms. The topological polar surface area (TPSA) is 42.5 Å². The van der Waals surface area contributed by atoms with E-state index < -0.39 is 0 Å². The molecule has 1 aromatic rings. The highest BCUT2D eigenvalue weighted by molar-refractivity contribution is 7.80. The molecule has 100 valence electrons. The van der Waals surface area contributed by atoms with E-state index >= 15 is 0 Å². The first-order chi connectivity index (χ1) is 8.47. The number of methoxy groups -OCH3 is 2. The number of halogens is 1. The Labute approximate surface area is 118 Å². The molecule has 0 saturated carbocycles. The smallest absolute Gasteiger partial charge is 0.171 e. The van der Waals surface area contributed by atoms with E-state index in [4.69, 9.17) is 33.3 Å². The van der Waals surface area contributed by atoms with E-state index in [-0.39, 0.29) is 6.04 Å². The third-order valence-electron chi connectivity index (χ3n) is 2.14. The van der Waals surface area contributed by atoms with Gasteiger partial charge < -0.3 is 20.1 Å². The van der Waals surface area contributed by atoms with Crippen LogP contribution in [0.25, 0.3) is 0 Å². The van der Waals surface area contributed by atoms with Gasteiger partial charge in [0.05, 0.1) is 24.9 Å². The van der Waals surface area contributed by atoms with Crippen LogP contribution in [0.5, 0.6) is 11.5 Å². The number of thiocarbonyl (C=S) groups is 1. The first-order valence-corrected chi connectivity index (χ1v) is 6.25. The van der Waals surface area contributed by atoms with Crippen LogP contribution in [-0.4, -0.2) is 25.4 Å². The second-order valence-electron chi connectivity index (χ2n) is 3.94. The van der Waals surface area contributed by atoms with E-state index in [0.29, 0.717) is 27.3 Å². The van der Waals surface area contributed by atoms with Gasteiger partial charge >= 0.3 is 0 Å². The Morgan fingerprint density at radius 2 is 1.83 bits per heavy atom. The van der Waals surface area contributed by atoms with Gasteiger partial charge in [-0.1, -0.05) is 11.6 Å². The number of hydrogen-bond acceptors (Lipinski definition) is 3. The van der Waals surface area contributed by atoms with E-state index in [0.717, 1.165) is 0 Å². The van der Waals surface area contributed by atoms with Gasteiger partial charge in [-0.05, 0) is 32.1 Å². The quantitative estimate of drug-likeness (QED) is 0.834. The lowest BCUT2D eigenvalue weighted by atomic mass is 10.2. The van der Waals surface area contributed by atoms with Gasteiger partial charge in [0, 0.05) is 12.1 Å². The number of nitrogens with one attached hydrogen (secondary N) is 2. The van der Waals surface area contributed by atoms with Crippen molar-refractivity contribution >= 4 is 34.6 Å². The minimum atomic E-state index is 0.254. The minimum absolute atomic E-state index is 0.254. The Morgan fingerprint density at radius 1 is 1.22 bits per heavy atom. The van der Waals surface area contributed by atoms with Crippen molar-refractivity contribution < 1.29 is 9.47 Å². The monoisotopic (exact) mass is 288 g/mol. The molecule has 18 heavy (non-hydrogen) atoms. The molecule has 4 nitrogen and oxygen atoms in total. The third kappa shape index (κ3) is 3.92. The first kappa shape index (κ1) is 14.9. The number of benzene rings is 1. The van der Waals surface area contributed by atoms with Crippen LogP contribution >= 0.6 is 23.8 Å². The molecule has 0 heterocycles. The van der Waals surface area contributed by atoms with Gasteiger partial charge in [-0.3, -0.25) is 0 Å². The van der Waals surface area contributed by atoms with Crippen molar-refractivity contribution in [2.24, 2.45) is 0 Å². The Kier molecular flexibility index (Phi) is 5.50. The second kappa shape index (κ2) is 6.66. The second-order valence-corrected chi connectivity index (χ2v) is 4.76. The SMILES string of the molecule is COc1cc(OC)c(NC(=S)NC(C)C)cc1Cl. The molecule has 0 saturated heterocycles. The molecule has 0 aliphatic heterocycles. The summed E-state index contributed by atoms with van der Waals surface area (Å²) in [6.45, 7) is 4.01. The third-order valence-corrected chi connectivity index (χ3v) is 2.66. The summed E-state index contributed by atoms with van der Waals surface area (Å²) in [5.41, 5.74) is 0.696. The fraction of sp³-hybridized carbons (Fsp3) is 0.417. The highest BCUT2D eigenvalue weighted by Gasteiger charge is 2.11. The van der Waals surface area contributed by atoms with Crippen molar-refractivity contribution in [2.45, 2.75) is 19.9 Å². The molecule has 2 N–H and O–H groups in total. The summed E-state index contributed by atoms with van der Waals surface area (Å²) in [5, 5.41) is 7.13. The van der Waals surface area contributed by atoms with E-state index in [1.807, 2.05) is 13.8 Å². The maximum atomic E-state index is 6.06. The van der Waals surface area contributed by atoms with Crippen molar-refractivity contribution in [2.75, 3.05) is 19.5 Å². The van der Waals surface area contributed by atoms with E-state index in [1.54, 1.807) is 26.4 Å². The number of hydrogen-bond donors (Lipinski definition) is 2. The van der Waals surface area contributed by atoms with Crippen molar-refractivity contribution in [1.82, 2.24) is 5.32 Å². The van der Waals surface area contributed by atoms with Gasteiger partial charge in [0.2, 0.25) is 0 Å². The fourth-order valence-electron chi connectivity index (χ4n) is 1.38. The summed E-state index contributed by atoms with van der Waals surface area (Å²) in [4.78, 5) is 0. The van der Waals surface area contributed by atoms with Crippen LogP contribution in [0.3, 0.4) is 0 Å². The molecule has 0 aliphatic rings. The Balaban J connectivity index is 2.94. The summed E-state index contributed by atoms with van der Waals surface area (Å²) in [5.74, 6) is 1.17. The zero-order valence-electron chi connectivity index (χ0n) is 10.8. The molecule has 0 spiro atoms. The molecule has 1 rings (SSSR count). The molecule has 0 unspecified atom stereocenters. The normalized spacial score (nSPS) is 10.1. The van der Waals surface area contributed by atoms with Crippen LogP contribution in [0.1, 0.15) is 13.8 Å². The molecule has 0 aromatic heterocycles. The molecule has 0 atom stereocenters. The number of rotatable bonds is 4. The molecule has 1 aromatic carbocycles. The molecular weight excluding hydrogens is 272 g/mol. The predicted molar refractivity (Wildman–Crippen MR) is 79.0 cm³/mol. The van der Waals surface area contributed by atoms with Crippen molar-refractivity contribution in [1.29, 1.82) is 0 Å². The highest BCUT2D eigenvalue weighted by Crippen LogP contribution is 2.35. The fourth-order valence-corrected chi connectivity index (χ4v) is 1.96. The van der Waals surface area contributed by atoms with Gasteiger partial charge in [0.1, 0.15) is 11.5 Å². The molecule has 0 radical (unpaired) electrons. The standard InChI is InChI=1S/C12H17ClN2O2S/c1-7(2)14-12(18)15-9-5-8(13)10(16-3)6-11(9)17-4/h5-7H,1-4H3,(H2,14,15,18).